The van der Waals surface area contributed by atoms with Crippen LogP contribution >= 0.6 is 0 Å². The van der Waals surface area contributed by atoms with Gasteiger partial charge in [-0.3, -0.25) is 9.59 Å². The fourth-order valence-electron chi connectivity index (χ4n) is 2.76. The maximum absolute atomic E-state index is 12.7. The van der Waals surface area contributed by atoms with Gasteiger partial charge in [-0.1, -0.05) is 30.3 Å². The minimum atomic E-state index is -0.477. The van der Waals surface area contributed by atoms with Crippen LogP contribution in [0.4, 0.5) is 0 Å². The van der Waals surface area contributed by atoms with E-state index in [1.165, 1.54) is 6.33 Å². The third kappa shape index (κ3) is 5.03. The van der Waals surface area contributed by atoms with Gasteiger partial charge in [-0.25, -0.2) is 9.67 Å². The monoisotopic (exact) mass is 378 g/mol. The van der Waals surface area contributed by atoms with E-state index in [2.05, 4.69) is 15.4 Å². The molecule has 3 rings (SSSR count). The third-order valence-electron chi connectivity index (χ3n) is 4.06. The second kappa shape index (κ2) is 8.94. The van der Waals surface area contributed by atoms with Crippen LogP contribution in [-0.2, 0) is 9.53 Å². The van der Waals surface area contributed by atoms with Gasteiger partial charge >= 0.3 is 5.97 Å². The van der Waals surface area contributed by atoms with E-state index in [1.807, 2.05) is 30.3 Å². The summed E-state index contributed by atoms with van der Waals surface area (Å²) in [6, 6.07) is 15.9. The van der Waals surface area contributed by atoms with Crippen LogP contribution in [0, 0.1) is 0 Å². The Hall–Kier alpha value is -3.48. The minimum absolute atomic E-state index is 0.0605. The van der Waals surface area contributed by atoms with E-state index in [0.717, 1.165) is 11.3 Å². The molecule has 1 aromatic heterocycles. The lowest BCUT2D eigenvalue weighted by molar-refractivity contribution is -0.147. The van der Waals surface area contributed by atoms with Crippen LogP contribution in [0.1, 0.15) is 42.2 Å². The zero-order chi connectivity index (χ0) is 19.9. The highest BCUT2D eigenvalue weighted by atomic mass is 16.5. The summed E-state index contributed by atoms with van der Waals surface area (Å²) in [7, 11) is 0. The molecule has 1 N–H and O–H groups in total. The number of ether oxygens (including phenoxy) is 1. The van der Waals surface area contributed by atoms with Gasteiger partial charge in [-0.05, 0) is 43.7 Å². The van der Waals surface area contributed by atoms with Crippen LogP contribution in [-0.4, -0.2) is 32.7 Å². The molecule has 3 aromatic rings. The van der Waals surface area contributed by atoms with E-state index in [9.17, 15) is 9.59 Å². The van der Waals surface area contributed by atoms with E-state index in [4.69, 9.17) is 4.74 Å². The molecule has 7 heteroatoms. The van der Waals surface area contributed by atoms with E-state index >= 15 is 0 Å². The predicted octanol–water partition coefficient (Wildman–Crippen LogP) is 3.08. The topological polar surface area (TPSA) is 86.1 Å². The van der Waals surface area contributed by atoms with E-state index < -0.39 is 6.04 Å². The number of hydrogen-bond donors (Lipinski definition) is 1. The quantitative estimate of drug-likeness (QED) is 0.639. The summed E-state index contributed by atoms with van der Waals surface area (Å²) in [5, 5.41) is 6.99. The van der Waals surface area contributed by atoms with Crippen LogP contribution < -0.4 is 5.32 Å². The molecule has 0 aliphatic heterocycles. The average molecular weight is 378 g/mol. The van der Waals surface area contributed by atoms with Crippen molar-refractivity contribution >= 4 is 11.9 Å². The number of carbonyl (C=O) groups is 2. The molecule has 0 saturated heterocycles. The molecule has 0 saturated carbocycles. The van der Waals surface area contributed by atoms with Gasteiger partial charge in [0.25, 0.3) is 5.91 Å². The zero-order valence-electron chi connectivity index (χ0n) is 15.8. The Morgan fingerprint density at radius 1 is 1.07 bits per heavy atom. The lowest BCUT2D eigenvalue weighted by atomic mass is 10.0. The summed E-state index contributed by atoms with van der Waals surface area (Å²) < 4.78 is 6.85. The summed E-state index contributed by atoms with van der Waals surface area (Å²) >= 11 is 0. The molecule has 1 amide bonds. The number of hydrogen-bond acceptors (Lipinski definition) is 5. The van der Waals surface area contributed by atoms with Crippen molar-refractivity contribution in [2.45, 2.75) is 32.4 Å². The fraction of sp³-hybridized carbons (Fsp3) is 0.238. The molecule has 2 aromatic carbocycles. The van der Waals surface area contributed by atoms with Gasteiger partial charge in [0.1, 0.15) is 12.7 Å². The van der Waals surface area contributed by atoms with Crippen molar-refractivity contribution in [1.82, 2.24) is 20.1 Å². The lowest BCUT2D eigenvalue weighted by Crippen LogP contribution is -2.31. The Balaban J connectivity index is 1.74. The van der Waals surface area contributed by atoms with Crippen molar-refractivity contribution in [2.75, 3.05) is 0 Å². The molecule has 7 nitrogen and oxygen atoms in total. The molecule has 144 valence electrons. The SMILES string of the molecule is CC(C)OC(=O)CC(NC(=O)c1ccc(-n2cncn2)cc1)c1ccccc1. The Morgan fingerprint density at radius 3 is 2.39 bits per heavy atom. The van der Waals surface area contributed by atoms with Crippen LogP contribution in [0.15, 0.2) is 67.3 Å². The molecule has 0 radical (unpaired) electrons. The Kier molecular flexibility index (Phi) is 6.16. The molecular weight excluding hydrogens is 356 g/mol. The maximum atomic E-state index is 12.7. The number of nitrogens with zero attached hydrogens (tertiary/aromatic N) is 3. The third-order valence-corrected chi connectivity index (χ3v) is 4.06. The summed E-state index contributed by atoms with van der Waals surface area (Å²) in [5.74, 6) is -0.623. The van der Waals surface area contributed by atoms with Gasteiger partial charge in [0, 0.05) is 5.56 Å². The maximum Gasteiger partial charge on any atom is 0.308 e. The first-order chi connectivity index (χ1) is 13.5. The van der Waals surface area contributed by atoms with Gasteiger partial charge in [0.05, 0.1) is 24.3 Å². The van der Waals surface area contributed by atoms with Crippen molar-refractivity contribution in [3.8, 4) is 5.69 Å². The van der Waals surface area contributed by atoms with Gasteiger partial charge in [-0.15, -0.1) is 0 Å². The standard InChI is InChI=1S/C21H22N4O3/c1-15(2)28-20(26)12-19(16-6-4-3-5-7-16)24-21(27)17-8-10-18(11-9-17)25-14-22-13-23-25/h3-11,13-15,19H,12H2,1-2H3,(H,24,27). The summed E-state index contributed by atoms with van der Waals surface area (Å²) in [4.78, 5) is 28.8. The normalized spacial score (nSPS) is 11.8. The molecular formula is C21H22N4O3. The van der Waals surface area contributed by atoms with Gasteiger partial charge in [0.2, 0.25) is 0 Å². The summed E-state index contributed by atoms with van der Waals surface area (Å²) in [6.07, 6.45) is 2.89. The van der Waals surface area contributed by atoms with Crippen molar-refractivity contribution in [3.63, 3.8) is 0 Å². The van der Waals surface area contributed by atoms with E-state index in [0.29, 0.717) is 5.56 Å². The van der Waals surface area contributed by atoms with Crippen LogP contribution in [0.25, 0.3) is 5.69 Å². The van der Waals surface area contributed by atoms with Crippen molar-refractivity contribution in [3.05, 3.63) is 78.4 Å². The van der Waals surface area contributed by atoms with Crippen molar-refractivity contribution in [2.24, 2.45) is 0 Å². The van der Waals surface area contributed by atoms with Gasteiger partial charge in [-0.2, -0.15) is 5.10 Å². The van der Waals surface area contributed by atoms with Crippen LogP contribution in [0.5, 0.6) is 0 Å². The minimum Gasteiger partial charge on any atom is -0.463 e. The summed E-state index contributed by atoms with van der Waals surface area (Å²) in [5.41, 5.74) is 2.13. The Bertz CT molecular complexity index is 907. The highest BCUT2D eigenvalue weighted by Crippen LogP contribution is 2.19. The average Bonchev–Trinajstić information content (AvgIpc) is 3.22. The number of amides is 1. The Labute approximate surface area is 163 Å². The van der Waals surface area contributed by atoms with E-state index in [1.54, 1.807) is 49.1 Å². The second-order valence-corrected chi connectivity index (χ2v) is 6.57. The molecule has 1 unspecified atom stereocenters. The number of esters is 1. The largest absolute Gasteiger partial charge is 0.463 e. The molecule has 0 fully saturated rings. The van der Waals surface area contributed by atoms with Crippen LogP contribution in [0.2, 0.25) is 0 Å². The number of carbonyl (C=O) groups excluding carboxylic acids is 2. The van der Waals surface area contributed by atoms with Gasteiger partial charge in [0.15, 0.2) is 0 Å². The molecule has 1 atom stereocenters. The molecule has 0 spiro atoms. The first-order valence-electron chi connectivity index (χ1n) is 9.03. The van der Waals surface area contributed by atoms with Crippen molar-refractivity contribution in [1.29, 1.82) is 0 Å². The number of nitrogens with one attached hydrogen (secondary N) is 1. The van der Waals surface area contributed by atoms with Gasteiger partial charge < -0.3 is 10.1 Å². The molecule has 0 bridgehead atoms. The number of rotatable bonds is 7. The highest BCUT2D eigenvalue weighted by Gasteiger charge is 2.20. The molecule has 1 heterocycles. The smallest absolute Gasteiger partial charge is 0.308 e. The molecule has 0 aliphatic rings. The number of aromatic nitrogens is 3. The first kappa shape index (κ1) is 19.3. The van der Waals surface area contributed by atoms with Crippen molar-refractivity contribution < 1.29 is 14.3 Å². The second-order valence-electron chi connectivity index (χ2n) is 6.57. The lowest BCUT2D eigenvalue weighted by Gasteiger charge is -2.19. The summed E-state index contributed by atoms with van der Waals surface area (Å²) in [6.45, 7) is 3.59. The molecule has 0 aliphatic carbocycles. The fourth-order valence-corrected chi connectivity index (χ4v) is 2.76. The zero-order valence-corrected chi connectivity index (χ0v) is 15.8. The predicted molar refractivity (Wildman–Crippen MR) is 104 cm³/mol. The van der Waals surface area contributed by atoms with E-state index in [-0.39, 0.29) is 24.4 Å². The number of benzene rings is 2. The Morgan fingerprint density at radius 2 is 1.79 bits per heavy atom. The highest BCUT2D eigenvalue weighted by molar-refractivity contribution is 5.94. The van der Waals surface area contributed by atoms with Crippen LogP contribution in [0.3, 0.4) is 0 Å². The first-order valence-corrected chi connectivity index (χ1v) is 9.03. The molecule has 28 heavy (non-hydrogen) atoms.